The van der Waals surface area contributed by atoms with Crippen LogP contribution < -0.4 is 0 Å². The van der Waals surface area contributed by atoms with Gasteiger partial charge in [-0.25, -0.2) is 4.79 Å². The standard InChI is InChI=1S/C15H24N2O5/c1-3-22-14(19)11-6-9-16(10-7-11)13(18)12-5-4-8-17(12)15(20)21-2/h11-12H,3-10H2,1-2H3. The predicted octanol–water partition coefficient (Wildman–Crippen LogP) is 1.02. The van der Waals surface area contributed by atoms with E-state index < -0.39 is 12.1 Å². The zero-order valence-electron chi connectivity index (χ0n) is 13.2. The number of carbonyl (C=O) groups excluding carboxylic acids is 3. The van der Waals surface area contributed by atoms with Crippen molar-refractivity contribution in [1.29, 1.82) is 0 Å². The summed E-state index contributed by atoms with van der Waals surface area (Å²) in [6.45, 7) is 3.80. The van der Waals surface area contributed by atoms with E-state index in [1.165, 1.54) is 12.0 Å². The van der Waals surface area contributed by atoms with E-state index in [0.29, 0.717) is 45.5 Å². The smallest absolute Gasteiger partial charge is 0.410 e. The number of hydrogen-bond donors (Lipinski definition) is 0. The number of esters is 1. The second-order valence-electron chi connectivity index (χ2n) is 5.67. The summed E-state index contributed by atoms with van der Waals surface area (Å²) < 4.78 is 9.76. The van der Waals surface area contributed by atoms with E-state index >= 15 is 0 Å². The number of piperidine rings is 1. The average Bonchev–Trinajstić information content (AvgIpc) is 3.03. The van der Waals surface area contributed by atoms with Gasteiger partial charge in [-0.1, -0.05) is 0 Å². The molecule has 2 fully saturated rings. The highest BCUT2D eigenvalue weighted by Gasteiger charge is 2.38. The fourth-order valence-corrected chi connectivity index (χ4v) is 3.17. The maximum Gasteiger partial charge on any atom is 0.410 e. The van der Waals surface area contributed by atoms with Crippen LogP contribution in [0.4, 0.5) is 4.79 Å². The number of amides is 2. The summed E-state index contributed by atoms with van der Waals surface area (Å²) in [4.78, 5) is 39.3. The molecule has 0 N–H and O–H groups in total. The quantitative estimate of drug-likeness (QED) is 0.727. The van der Waals surface area contributed by atoms with Gasteiger partial charge in [0.25, 0.3) is 0 Å². The lowest BCUT2D eigenvalue weighted by Gasteiger charge is -2.34. The van der Waals surface area contributed by atoms with Crippen LogP contribution in [0.5, 0.6) is 0 Å². The topological polar surface area (TPSA) is 76.2 Å². The van der Waals surface area contributed by atoms with E-state index in [-0.39, 0.29) is 17.8 Å². The molecule has 0 bridgehead atoms. The molecule has 7 heteroatoms. The van der Waals surface area contributed by atoms with Crippen LogP contribution in [0.25, 0.3) is 0 Å². The Hall–Kier alpha value is -1.79. The van der Waals surface area contributed by atoms with Crippen LogP contribution in [0, 0.1) is 5.92 Å². The first-order valence-corrected chi connectivity index (χ1v) is 7.88. The van der Waals surface area contributed by atoms with Gasteiger partial charge in [-0.15, -0.1) is 0 Å². The minimum Gasteiger partial charge on any atom is -0.466 e. The number of rotatable bonds is 3. The lowest BCUT2D eigenvalue weighted by Crippen LogP contribution is -2.50. The summed E-state index contributed by atoms with van der Waals surface area (Å²) in [5, 5.41) is 0. The van der Waals surface area contributed by atoms with Gasteiger partial charge in [-0.2, -0.15) is 0 Å². The van der Waals surface area contributed by atoms with Crippen molar-refractivity contribution in [2.75, 3.05) is 33.4 Å². The lowest BCUT2D eigenvalue weighted by atomic mass is 9.96. The highest BCUT2D eigenvalue weighted by atomic mass is 16.5. The Kier molecular flexibility index (Phi) is 5.63. The van der Waals surface area contributed by atoms with Crippen molar-refractivity contribution in [3.05, 3.63) is 0 Å². The molecule has 0 aromatic heterocycles. The first-order chi connectivity index (χ1) is 10.6. The summed E-state index contributed by atoms with van der Waals surface area (Å²) in [7, 11) is 1.33. The Labute approximate surface area is 130 Å². The Morgan fingerprint density at radius 1 is 1.09 bits per heavy atom. The molecule has 22 heavy (non-hydrogen) atoms. The van der Waals surface area contributed by atoms with Crippen LogP contribution in [-0.2, 0) is 19.1 Å². The van der Waals surface area contributed by atoms with Crippen molar-refractivity contribution < 1.29 is 23.9 Å². The van der Waals surface area contributed by atoms with Crippen molar-refractivity contribution in [2.45, 2.75) is 38.6 Å². The SMILES string of the molecule is CCOC(=O)C1CCN(C(=O)C2CCCN2C(=O)OC)CC1. The van der Waals surface area contributed by atoms with E-state index in [1.807, 2.05) is 0 Å². The Bertz CT molecular complexity index is 432. The van der Waals surface area contributed by atoms with E-state index in [9.17, 15) is 14.4 Å². The van der Waals surface area contributed by atoms with Crippen molar-refractivity contribution in [1.82, 2.24) is 9.80 Å². The minimum absolute atomic E-state index is 0.0368. The molecule has 1 unspecified atom stereocenters. The van der Waals surface area contributed by atoms with E-state index in [4.69, 9.17) is 9.47 Å². The van der Waals surface area contributed by atoms with Crippen LogP contribution in [0.2, 0.25) is 0 Å². The van der Waals surface area contributed by atoms with Crippen LogP contribution in [0.15, 0.2) is 0 Å². The molecule has 7 nitrogen and oxygen atoms in total. The number of hydrogen-bond acceptors (Lipinski definition) is 5. The number of methoxy groups -OCH3 is 1. The van der Waals surface area contributed by atoms with Crippen LogP contribution >= 0.6 is 0 Å². The molecule has 2 aliphatic heterocycles. The van der Waals surface area contributed by atoms with Gasteiger partial charge in [-0.3, -0.25) is 14.5 Å². The average molecular weight is 312 g/mol. The van der Waals surface area contributed by atoms with Gasteiger partial charge in [0.1, 0.15) is 6.04 Å². The third-order valence-corrected chi connectivity index (χ3v) is 4.37. The molecular weight excluding hydrogens is 288 g/mol. The fraction of sp³-hybridized carbons (Fsp3) is 0.800. The molecule has 0 saturated carbocycles. The maximum atomic E-state index is 12.6. The Morgan fingerprint density at radius 3 is 2.36 bits per heavy atom. The van der Waals surface area contributed by atoms with Crippen LogP contribution in [0.1, 0.15) is 32.6 Å². The molecular formula is C15H24N2O5. The van der Waals surface area contributed by atoms with Crippen molar-refractivity contribution in [2.24, 2.45) is 5.92 Å². The first-order valence-electron chi connectivity index (χ1n) is 7.88. The number of nitrogens with zero attached hydrogens (tertiary/aromatic N) is 2. The van der Waals surface area contributed by atoms with Crippen molar-refractivity contribution >= 4 is 18.0 Å². The highest BCUT2D eigenvalue weighted by molar-refractivity contribution is 5.86. The van der Waals surface area contributed by atoms with Crippen molar-refractivity contribution in [3.63, 3.8) is 0 Å². The predicted molar refractivity (Wildman–Crippen MR) is 78.1 cm³/mol. The normalized spacial score (nSPS) is 22.5. The summed E-state index contributed by atoms with van der Waals surface area (Å²) in [6.07, 6.45) is 2.28. The largest absolute Gasteiger partial charge is 0.466 e. The third kappa shape index (κ3) is 3.51. The molecule has 0 aromatic carbocycles. The zero-order chi connectivity index (χ0) is 16.1. The van der Waals surface area contributed by atoms with Gasteiger partial charge >= 0.3 is 12.1 Å². The van der Waals surface area contributed by atoms with E-state index in [2.05, 4.69) is 0 Å². The second kappa shape index (κ2) is 7.47. The molecule has 0 spiro atoms. The van der Waals surface area contributed by atoms with E-state index in [0.717, 1.165) is 6.42 Å². The lowest BCUT2D eigenvalue weighted by molar-refractivity contribution is -0.151. The molecule has 124 valence electrons. The maximum absolute atomic E-state index is 12.6. The van der Waals surface area contributed by atoms with Gasteiger partial charge in [-0.05, 0) is 32.6 Å². The van der Waals surface area contributed by atoms with Gasteiger partial charge in [0.2, 0.25) is 5.91 Å². The van der Waals surface area contributed by atoms with Gasteiger partial charge in [0.05, 0.1) is 19.6 Å². The third-order valence-electron chi connectivity index (χ3n) is 4.37. The molecule has 2 saturated heterocycles. The number of likely N-dealkylation sites (tertiary alicyclic amines) is 2. The first kappa shape index (κ1) is 16.6. The molecule has 2 aliphatic rings. The summed E-state index contributed by atoms with van der Waals surface area (Å²) in [5.41, 5.74) is 0. The molecule has 2 amide bonds. The van der Waals surface area contributed by atoms with Gasteiger partial charge in [0.15, 0.2) is 0 Å². The molecule has 1 atom stereocenters. The second-order valence-corrected chi connectivity index (χ2v) is 5.67. The number of carbonyl (C=O) groups is 3. The molecule has 2 rings (SSSR count). The fourth-order valence-electron chi connectivity index (χ4n) is 3.17. The summed E-state index contributed by atoms with van der Waals surface area (Å²) >= 11 is 0. The van der Waals surface area contributed by atoms with Gasteiger partial charge < -0.3 is 14.4 Å². The molecule has 0 aliphatic carbocycles. The Morgan fingerprint density at radius 2 is 1.77 bits per heavy atom. The van der Waals surface area contributed by atoms with Crippen LogP contribution in [-0.4, -0.2) is 67.2 Å². The monoisotopic (exact) mass is 312 g/mol. The van der Waals surface area contributed by atoms with Gasteiger partial charge in [0, 0.05) is 19.6 Å². The molecule has 0 radical (unpaired) electrons. The zero-order valence-corrected chi connectivity index (χ0v) is 13.2. The van der Waals surface area contributed by atoms with Crippen molar-refractivity contribution in [3.8, 4) is 0 Å². The van der Waals surface area contributed by atoms with E-state index in [1.54, 1.807) is 11.8 Å². The highest BCUT2D eigenvalue weighted by Crippen LogP contribution is 2.24. The number of ether oxygens (including phenoxy) is 2. The molecule has 2 heterocycles. The van der Waals surface area contributed by atoms with Crippen LogP contribution in [0.3, 0.4) is 0 Å². The minimum atomic E-state index is -0.447. The summed E-state index contributed by atoms with van der Waals surface area (Å²) in [6, 6.07) is -0.424. The molecule has 0 aromatic rings. The Balaban J connectivity index is 1.89. The summed E-state index contributed by atoms with van der Waals surface area (Å²) in [5.74, 6) is -0.332.